The Morgan fingerprint density at radius 2 is 1.97 bits per heavy atom. The van der Waals surface area contributed by atoms with Gasteiger partial charge in [0.25, 0.3) is 5.91 Å². The minimum Gasteiger partial charge on any atom is -0.369 e. The van der Waals surface area contributed by atoms with Crippen molar-refractivity contribution in [2.45, 2.75) is 25.4 Å². The van der Waals surface area contributed by atoms with E-state index < -0.39 is 24.1 Å². The van der Waals surface area contributed by atoms with Gasteiger partial charge < -0.3 is 10.3 Å². The second kappa shape index (κ2) is 8.57. The van der Waals surface area contributed by atoms with Crippen molar-refractivity contribution in [3.63, 3.8) is 0 Å². The number of guanidine groups is 1. The fourth-order valence-corrected chi connectivity index (χ4v) is 4.12. The summed E-state index contributed by atoms with van der Waals surface area (Å²) in [5.41, 5.74) is 6.47. The lowest BCUT2D eigenvalue weighted by Crippen LogP contribution is -2.41. The number of aromatic nitrogens is 2. The number of alkyl halides is 1. The summed E-state index contributed by atoms with van der Waals surface area (Å²) in [4.78, 5) is 35.3. The summed E-state index contributed by atoms with van der Waals surface area (Å²) in [5.74, 6) is -1.27. The molecule has 1 aliphatic rings. The lowest BCUT2D eigenvalue weighted by molar-refractivity contribution is -0.129. The van der Waals surface area contributed by atoms with Crippen LogP contribution in [-0.4, -0.2) is 45.8 Å². The summed E-state index contributed by atoms with van der Waals surface area (Å²) in [6.07, 6.45) is 3.21. The molecule has 0 fully saturated rings. The van der Waals surface area contributed by atoms with Gasteiger partial charge in [0.05, 0.1) is 12.4 Å². The van der Waals surface area contributed by atoms with Crippen LogP contribution in [-0.2, 0) is 16.9 Å². The first kappa shape index (κ1) is 22.3. The van der Waals surface area contributed by atoms with Crippen LogP contribution in [0.2, 0.25) is 0 Å². The van der Waals surface area contributed by atoms with E-state index in [1.54, 1.807) is 53.2 Å². The van der Waals surface area contributed by atoms with Gasteiger partial charge in [0.1, 0.15) is 0 Å². The number of hydrogen-bond acceptors (Lipinski definition) is 5. The number of carbonyl (C=O) groups excluding carboxylic acids is 2. The van der Waals surface area contributed by atoms with E-state index in [0.717, 1.165) is 0 Å². The topological polar surface area (TPSA) is 93.6 Å². The largest absolute Gasteiger partial charge is 0.369 e. The number of halogens is 2. The van der Waals surface area contributed by atoms with Gasteiger partial charge in [-0.25, -0.2) is 9.98 Å². The van der Waals surface area contributed by atoms with Gasteiger partial charge in [-0.15, -0.1) is 0 Å². The second-order valence-electron chi connectivity index (χ2n) is 7.87. The molecule has 4 rings (SSSR count). The molecule has 3 aromatic rings. The van der Waals surface area contributed by atoms with E-state index in [4.69, 9.17) is 5.73 Å². The highest BCUT2D eigenvalue weighted by Gasteiger charge is 2.50. The summed E-state index contributed by atoms with van der Waals surface area (Å²) < 4.78 is 28.8. The summed E-state index contributed by atoms with van der Waals surface area (Å²) in [5, 5.41) is 0. The third kappa shape index (κ3) is 3.69. The highest BCUT2D eigenvalue weighted by atomic mass is 19.1. The van der Waals surface area contributed by atoms with Gasteiger partial charge in [-0.3, -0.25) is 18.9 Å². The quantitative estimate of drug-likeness (QED) is 0.441. The van der Waals surface area contributed by atoms with Gasteiger partial charge in [-0.2, -0.15) is 4.39 Å². The summed E-state index contributed by atoms with van der Waals surface area (Å²) in [7, 11) is 1.51. The number of nitrogens with zero attached hydrogens (tertiary/aromatic N) is 4. The maximum absolute atomic E-state index is 14.4. The number of nitrogens with two attached hydrogens (primary N) is 1. The predicted octanol–water partition coefficient (Wildman–Crippen LogP) is 3.28. The lowest BCUT2D eigenvalue weighted by atomic mass is 9.83. The van der Waals surface area contributed by atoms with E-state index in [2.05, 4.69) is 9.98 Å². The number of aliphatic imine (C=N–C) groups is 1. The Hall–Kier alpha value is -3.88. The fraction of sp³-hybridized carbons (Fsp3) is 0.250. The Balaban J connectivity index is 1.94. The zero-order valence-electron chi connectivity index (χ0n) is 18.3. The third-order valence-corrected chi connectivity index (χ3v) is 5.80. The molecular formula is C24H23F2N5O2. The number of hydrogen-bond donors (Lipinski definition) is 1. The number of benzene rings is 1. The van der Waals surface area contributed by atoms with Crippen LogP contribution in [0.15, 0.2) is 59.9 Å². The van der Waals surface area contributed by atoms with Gasteiger partial charge in [-0.05, 0) is 41.8 Å². The maximum atomic E-state index is 14.4. The number of carbonyl (C=O) groups is 2. The minimum absolute atomic E-state index is 0.0128. The number of aryl methyl sites for hydroxylation is 1. The molecule has 1 aromatic carbocycles. The molecule has 3 heterocycles. The molecule has 170 valence electrons. The van der Waals surface area contributed by atoms with Crippen molar-refractivity contribution >= 4 is 17.6 Å². The van der Waals surface area contributed by atoms with Gasteiger partial charge in [0.15, 0.2) is 17.3 Å². The van der Waals surface area contributed by atoms with E-state index >= 15 is 0 Å². The first-order valence-corrected chi connectivity index (χ1v) is 10.4. The molecule has 0 bridgehead atoms. The average molecular weight is 451 g/mol. The van der Waals surface area contributed by atoms with E-state index in [1.807, 2.05) is 0 Å². The van der Waals surface area contributed by atoms with Crippen LogP contribution in [0.4, 0.5) is 8.78 Å². The summed E-state index contributed by atoms with van der Waals surface area (Å²) in [6.45, 7) is 1.14. The summed E-state index contributed by atoms with van der Waals surface area (Å²) >= 11 is 0. The van der Waals surface area contributed by atoms with E-state index in [9.17, 15) is 18.4 Å². The highest BCUT2D eigenvalue weighted by Crippen LogP contribution is 2.41. The predicted molar refractivity (Wildman–Crippen MR) is 120 cm³/mol. The van der Waals surface area contributed by atoms with Crippen LogP contribution in [0, 0.1) is 5.95 Å². The van der Waals surface area contributed by atoms with Gasteiger partial charge in [-0.1, -0.05) is 18.2 Å². The molecule has 7 nitrogen and oxygen atoms in total. The zero-order valence-corrected chi connectivity index (χ0v) is 18.3. The number of ketones is 1. The zero-order chi connectivity index (χ0) is 23.8. The van der Waals surface area contributed by atoms with Crippen LogP contribution in [0.25, 0.3) is 11.1 Å². The second-order valence-corrected chi connectivity index (χ2v) is 7.87. The van der Waals surface area contributed by atoms with E-state index in [1.165, 1.54) is 25.1 Å². The molecule has 9 heteroatoms. The number of pyridine rings is 1. The SMILES string of the molecule is CC(=O)c1cc([C@]2(c3cccc(-c4cccnc4F)c3)N=C(N)N(C)C2=O)cn1CCCF. The Kier molecular flexibility index (Phi) is 5.80. The lowest BCUT2D eigenvalue weighted by Gasteiger charge is -2.25. The molecule has 0 radical (unpaired) electrons. The van der Waals surface area contributed by atoms with Crippen molar-refractivity contribution in [2.75, 3.05) is 13.7 Å². The van der Waals surface area contributed by atoms with Crippen molar-refractivity contribution in [2.24, 2.45) is 10.7 Å². The smallest absolute Gasteiger partial charge is 0.266 e. The van der Waals surface area contributed by atoms with Crippen LogP contribution in [0.5, 0.6) is 0 Å². The number of Topliss-reactive ketones (excluding diaryl/α,β-unsaturated/α-hetero) is 1. The number of likely N-dealkylation sites (N-methyl/N-ethyl adjacent to an activating group) is 1. The third-order valence-electron chi connectivity index (χ3n) is 5.80. The van der Waals surface area contributed by atoms with Crippen molar-refractivity contribution < 1.29 is 18.4 Å². The normalized spacial score (nSPS) is 18.0. The highest BCUT2D eigenvalue weighted by molar-refractivity contribution is 6.09. The molecule has 33 heavy (non-hydrogen) atoms. The molecule has 0 unspecified atom stereocenters. The van der Waals surface area contributed by atoms with Gasteiger partial charge in [0, 0.05) is 44.0 Å². The number of rotatable bonds is 7. The van der Waals surface area contributed by atoms with Gasteiger partial charge >= 0.3 is 0 Å². The Bertz CT molecular complexity index is 1270. The Morgan fingerprint density at radius 1 is 1.18 bits per heavy atom. The molecule has 1 aliphatic heterocycles. The average Bonchev–Trinajstić information content (AvgIpc) is 3.34. The molecule has 2 N–H and O–H groups in total. The molecule has 0 saturated heterocycles. The first-order valence-electron chi connectivity index (χ1n) is 10.4. The molecule has 1 amide bonds. The summed E-state index contributed by atoms with van der Waals surface area (Å²) in [6, 6.07) is 11.6. The van der Waals surface area contributed by atoms with Crippen molar-refractivity contribution in [1.82, 2.24) is 14.5 Å². The van der Waals surface area contributed by atoms with Crippen LogP contribution >= 0.6 is 0 Å². The monoisotopic (exact) mass is 451 g/mol. The Morgan fingerprint density at radius 3 is 2.61 bits per heavy atom. The van der Waals surface area contributed by atoms with E-state index in [-0.39, 0.29) is 30.3 Å². The standard InChI is InChI=1S/C24H23F2N5O2/c1-15(32)20-13-18(14-31(20)11-5-9-25)24(22(33)30(2)23(27)29-24)17-7-3-6-16(12-17)19-8-4-10-28-21(19)26/h3-4,6-8,10,12-14H,5,9,11H2,1-2H3,(H2,27,29)/t24-/m0/s1. The molecule has 1 atom stereocenters. The maximum Gasteiger partial charge on any atom is 0.266 e. The van der Waals surface area contributed by atoms with Crippen LogP contribution in [0.3, 0.4) is 0 Å². The molecule has 2 aromatic heterocycles. The van der Waals surface area contributed by atoms with Crippen molar-refractivity contribution in [3.05, 3.63) is 77.6 Å². The van der Waals surface area contributed by atoms with Crippen LogP contribution < -0.4 is 5.73 Å². The fourth-order valence-electron chi connectivity index (χ4n) is 4.12. The molecular weight excluding hydrogens is 428 g/mol. The molecule has 0 spiro atoms. The molecule has 0 saturated carbocycles. The van der Waals surface area contributed by atoms with Gasteiger partial charge in [0.2, 0.25) is 5.95 Å². The first-order chi connectivity index (χ1) is 15.8. The molecule has 0 aliphatic carbocycles. The minimum atomic E-state index is -1.57. The van der Waals surface area contributed by atoms with Crippen LogP contribution in [0.1, 0.15) is 35.0 Å². The Labute approximate surface area is 189 Å². The van der Waals surface area contributed by atoms with Crippen molar-refractivity contribution in [1.29, 1.82) is 0 Å². The van der Waals surface area contributed by atoms with E-state index in [0.29, 0.717) is 22.4 Å². The van der Waals surface area contributed by atoms with Crippen molar-refractivity contribution in [3.8, 4) is 11.1 Å². The number of amides is 1.